The van der Waals surface area contributed by atoms with Gasteiger partial charge in [0.05, 0.1) is 28.0 Å². The summed E-state index contributed by atoms with van der Waals surface area (Å²) in [6.45, 7) is 0. The van der Waals surface area contributed by atoms with E-state index in [1.165, 1.54) is 0 Å². The number of aliphatic carboxylic acids is 1. The van der Waals surface area contributed by atoms with Crippen molar-refractivity contribution >= 4 is 41.5 Å². The van der Waals surface area contributed by atoms with Crippen molar-refractivity contribution < 1.29 is 14.7 Å². The Balaban J connectivity index is 1.50. The number of allylic oxidation sites excluding steroid dienone is 4. The van der Waals surface area contributed by atoms with Crippen molar-refractivity contribution in [3.63, 3.8) is 0 Å². The molecule has 0 bridgehead atoms. The summed E-state index contributed by atoms with van der Waals surface area (Å²) >= 11 is 4.51. The van der Waals surface area contributed by atoms with Gasteiger partial charge in [-0.3, -0.25) is 4.79 Å². The van der Waals surface area contributed by atoms with Crippen molar-refractivity contribution in [2.45, 2.75) is 18.1 Å². The van der Waals surface area contributed by atoms with Crippen molar-refractivity contribution in [2.75, 3.05) is 0 Å². The fourth-order valence-electron chi connectivity index (χ4n) is 4.15. The van der Waals surface area contributed by atoms with Crippen LogP contribution in [0.25, 0.3) is 5.57 Å². The average Bonchev–Trinajstić information content (AvgIpc) is 3.09. The number of nitrogens with one attached hydrogen (secondary N) is 1. The minimum absolute atomic E-state index is 0.124. The number of carbonyl (C=O) groups excluding carboxylic acids is 1. The number of aliphatic imine (C=N–C) groups is 1. The van der Waals surface area contributed by atoms with E-state index in [9.17, 15) is 14.7 Å². The van der Waals surface area contributed by atoms with E-state index in [0.29, 0.717) is 29.9 Å². The maximum Gasteiger partial charge on any atom is 0.352 e. The maximum absolute atomic E-state index is 13.0. The van der Waals surface area contributed by atoms with E-state index in [-0.39, 0.29) is 11.6 Å². The van der Waals surface area contributed by atoms with Crippen molar-refractivity contribution in [3.8, 4) is 0 Å². The molecule has 164 valence electrons. The van der Waals surface area contributed by atoms with E-state index < -0.39 is 11.2 Å². The first kappa shape index (κ1) is 21.0. The van der Waals surface area contributed by atoms with Crippen LogP contribution in [0.15, 0.2) is 101 Å². The van der Waals surface area contributed by atoms with Gasteiger partial charge < -0.3 is 15.3 Å². The maximum atomic E-state index is 13.0. The minimum Gasteiger partial charge on any atom is -0.477 e. The fraction of sp³-hybridized carbons (Fsp3) is 0.115. The van der Waals surface area contributed by atoms with E-state index in [1.807, 2.05) is 66.7 Å². The molecular weight excluding hydrogens is 434 g/mol. The summed E-state index contributed by atoms with van der Waals surface area (Å²) in [5.74, 6) is -1.31. The lowest BCUT2D eigenvalue weighted by Gasteiger charge is -2.26. The van der Waals surface area contributed by atoms with Gasteiger partial charge in [-0.15, -0.1) is 0 Å². The number of amides is 1. The molecule has 0 aliphatic carbocycles. The zero-order valence-electron chi connectivity index (χ0n) is 17.6. The number of hydrogen-bond donors (Lipinski definition) is 3. The lowest BCUT2D eigenvalue weighted by Crippen LogP contribution is -2.33. The Morgan fingerprint density at radius 1 is 1.09 bits per heavy atom. The summed E-state index contributed by atoms with van der Waals surface area (Å²) in [4.78, 5) is 31.3. The molecule has 6 nitrogen and oxygen atoms in total. The van der Waals surface area contributed by atoms with Crippen molar-refractivity contribution in [1.82, 2.24) is 10.2 Å². The van der Waals surface area contributed by atoms with Gasteiger partial charge in [0.15, 0.2) is 0 Å². The first-order valence-corrected chi connectivity index (χ1v) is 11.1. The van der Waals surface area contributed by atoms with Crippen LogP contribution in [-0.2, 0) is 16.0 Å². The minimum atomic E-state index is -1.04. The molecule has 0 radical (unpaired) electrons. The van der Waals surface area contributed by atoms with E-state index in [1.54, 1.807) is 17.2 Å². The lowest BCUT2D eigenvalue weighted by atomic mass is 9.99. The number of thiol groups is 1. The second kappa shape index (κ2) is 8.60. The highest BCUT2D eigenvalue weighted by Gasteiger charge is 2.33. The molecule has 33 heavy (non-hydrogen) atoms. The molecule has 2 aromatic rings. The number of fused-ring (bicyclic) bond motifs is 5. The van der Waals surface area contributed by atoms with Crippen LogP contribution in [0.2, 0.25) is 0 Å². The van der Waals surface area contributed by atoms with Gasteiger partial charge in [-0.2, -0.15) is 12.6 Å². The number of carboxylic acid groups (broad SMARTS) is 1. The van der Waals surface area contributed by atoms with Gasteiger partial charge in [0.1, 0.15) is 5.70 Å². The van der Waals surface area contributed by atoms with Gasteiger partial charge >= 0.3 is 5.97 Å². The monoisotopic (exact) mass is 455 g/mol. The molecule has 0 aromatic heterocycles. The quantitative estimate of drug-likeness (QED) is 0.590. The number of para-hydroxylation sites is 1. The number of nitrogens with zero attached hydrogens (tertiary/aromatic N) is 2. The van der Waals surface area contributed by atoms with Gasteiger partial charge in [0.2, 0.25) is 5.91 Å². The van der Waals surface area contributed by atoms with Crippen molar-refractivity contribution in [1.29, 1.82) is 0 Å². The Kier molecular flexibility index (Phi) is 5.48. The third-order valence-electron chi connectivity index (χ3n) is 5.69. The number of benzene rings is 2. The highest BCUT2D eigenvalue weighted by Crippen LogP contribution is 2.41. The molecule has 1 atom stereocenters. The number of rotatable bonds is 5. The summed E-state index contributed by atoms with van der Waals surface area (Å²) in [6.07, 6.45) is 8.05. The Morgan fingerprint density at radius 3 is 2.64 bits per heavy atom. The van der Waals surface area contributed by atoms with Crippen molar-refractivity contribution in [2.24, 2.45) is 4.99 Å². The first-order chi connectivity index (χ1) is 16.0. The molecule has 0 fully saturated rings. The largest absolute Gasteiger partial charge is 0.477 e. The fourth-order valence-corrected chi connectivity index (χ4v) is 4.43. The highest BCUT2D eigenvalue weighted by atomic mass is 32.1. The Labute approximate surface area is 196 Å². The van der Waals surface area contributed by atoms with Gasteiger partial charge in [0, 0.05) is 17.3 Å². The Hall–Kier alpha value is -3.84. The average molecular weight is 456 g/mol. The predicted molar refractivity (Wildman–Crippen MR) is 131 cm³/mol. The van der Waals surface area contributed by atoms with Crippen LogP contribution in [0, 0.1) is 0 Å². The van der Waals surface area contributed by atoms with Crippen LogP contribution in [0.3, 0.4) is 0 Å². The second-order valence-electron chi connectivity index (χ2n) is 7.90. The van der Waals surface area contributed by atoms with Crippen LogP contribution in [0.1, 0.15) is 17.5 Å². The van der Waals surface area contributed by atoms with Gasteiger partial charge in [-0.1, -0.05) is 54.6 Å². The molecule has 5 rings (SSSR count). The summed E-state index contributed by atoms with van der Waals surface area (Å²) < 4.78 is 0. The molecule has 3 heterocycles. The lowest BCUT2D eigenvalue weighted by molar-refractivity contribution is -0.133. The highest BCUT2D eigenvalue weighted by molar-refractivity contribution is 7.81. The molecule has 0 saturated carbocycles. The van der Waals surface area contributed by atoms with Gasteiger partial charge in [-0.05, 0) is 36.6 Å². The zero-order valence-corrected chi connectivity index (χ0v) is 18.5. The van der Waals surface area contributed by atoms with Crippen molar-refractivity contribution in [3.05, 3.63) is 107 Å². The topological polar surface area (TPSA) is 82.0 Å². The van der Waals surface area contributed by atoms with E-state index in [4.69, 9.17) is 4.99 Å². The number of carboxylic acids is 1. The molecule has 1 unspecified atom stereocenters. The van der Waals surface area contributed by atoms with E-state index in [0.717, 1.165) is 22.4 Å². The third-order valence-corrected chi connectivity index (χ3v) is 6.11. The SMILES string of the molecule is O=C(O)C1=CCC=C2C3=Nc4ccccc4C3=CC(NC(=O)C(S)Cc3ccccc3)=CN12. The molecule has 1 amide bonds. The standard InChI is InChI=1S/C26H21N3O3S/c30-25(23(33)13-16-7-2-1-3-8-16)27-17-14-19-18-9-4-5-10-20(18)28-24(19)21-11-6-12-22(26(31)32)29(21)15-17/h1-5,7-12,14-15,23,33H,6,13H2,(H,27,30)(H,31,32). The molecule has 0 spiro atoms. The summed E-state index contributed by atoms with van der Waals surface area (Å²) in [7, 11) is 0. The van der Waals surface area contributed by atoms with Crippen LogP contribution in [0.4, 0.5) is 5.69 Å². The predicted octanol–water partition coefficient (Wildman–Crippen LogP) is 4.23. The number of carbonyl (C=O) groups is 2. The molecule has 3 aliphatic rings. The smallest absolute Gasteiger partial charge is 0.352 e. The van der Waals surface area contributed by atoms with Crippen LogP contribution in [0.5, 0.6) is 0 Å². The molecule has 7 heteroatoms. The second-order valence-corrected chi connectivity index (χ2v) is 8.53. The summed E-state index contributed by atoms with van der Waals surface area (Å²) in [6, 6.07) is 17.4. The van der Waals surface area contributed by atoms with Crippen LogP contribution < -0.4 is 5.32 Å². The number of hydrogen-bond acceptors (Lipinski definition) is 5. The van der Waals surface area contributed by atoms with Crippen LogP contribution >= 0.6 is 12.6 Å². The Morgan fingerprint density at radius 2 is 1.85 bits per heavy atom. The van der Waals surface area contributed by atoms with Gasteiger partial charge in [-0.25, -0.2) is 9.79 Å². The first-order valence-electron chi connectivity index (χ1n) is 10.6. The van der Waals surface area contributed by atoms with E-state index >= 15 is 0 Å². The van der Waals surface area contributed by atoms with E-state index in [2.05, 4.69) is 17.9 Å². The Bertz CT molecular complexity index is 1310. The molecule has 3 aliphatic heterocycles. The van der Waals surface area contributed by atoms with Crippen LogP contribution in [-0.4, -0.2) is 32.8 Å². The summed E-state index contributed by atoms with van der Waals surface area (Å²) in [5, 5.41) is 12.2. The zero-order chi connectivity index (χ0) is 22.9. The molecule has 0 saturated heterocycles. The molecular formula is C26H21N3O3S. The normalized spacial score (nSPS) is 17.1. The summed E-state index contributed by atoms with van der Waals surface area (Å²) in [5.41, 5.74) is 5.59. The molecule has 2 aromatic carbocycles. The van der Waals surface area contributed by atoms with Gasteiger partial charge in [0.25, 0.3) is 0 Å². The third kappa shape index (κ3) is 4.03. The molecule has 2 N–H and O–H groups in total.